The van der Waals surface area contributed by atoms with Crippen molar-refractivity contribution in [2.24, 2.45) is 0 Å². The minimum atomic E-state index is -1.83. The highest BCUT2D eigenvalue weighted by atomic mass is 19.2. The van der Waals surface area contributed by atoms with Crippen LogP contribution in [-0.2, 0) is 9.47 Å². The Kier molecular flexibility index (Phi) is 2.46. The maximum atomic E-state index is 14.0. The molecule has 0 aromatic heterocycles. The lowest BCUT2D eigenvalue weighted by Gasteiger charge is -2.42. The van der Waals surface area contributed by atoms with E-state index in [0.717, 1.165) is 5.56 Å². The van der Waals surface area contributed by atoms with Gasteiger partial charge in [-0.3, -0.25) is 0 Å². The van der Waals surface area contributed by atoms with Crippen molar-refractivity contribution in [2.75, 3.05) is 6.61 Å². The van der Waals surface area contributed by atoms with Gasteiger partial charge in [-0.15, -0.1) is 0 Å². The fraction of sp³-hybridized carbons (Fsp3) is 0.250. The average Bonchev–Trinajstić information content (AvgIpc) is 2.91. The topological polar surface area (TPSA) is 18.5 Å². The predicted octanol–water partition coefficient (Wildman–Crippen LogP) is 3.54. The maximum absolute atomic E-state index is 14.0. The maximum Gasteiger partial charge on any atom is 0.310 e. The Hall–Kier alpha value is -1.78. The molecule has 1 heterocycles. The van der Waals surface area contributed by atoms with Gasteiger partial charge in [-0.2, -0.15) is 4.39 Å². The first-order valence-electron chi connectivity index (χ1n) is 6.51. The van der Waals surface area contributed by atoms with Gasteiger partial charge in [0, 0.05) is 11.5 Å². The molecule has 2 nitrogen and oxygen atoms in total. The molecule has 20 heavy (non-hydrogen) atoms. The van der Waals surface area contributed by atoms with Gasteiger partial charge in [0.05, 0.1) is 6.61 Å². The monoisotopic (exact) mass is 274 g/mol. The fourth-order valence-corrected chi connectivity index (χ4v) is 3.29. The van der Waals surface area contributed by atoms with Gasteiger partial charge in [0.15, 0.2) is 0 Å². The molecule has 2 bridgehead atoms. The van der Waals surface area contributed by atoms with Crippen LogP contribution in [0.25, 0.3) is 0 Å². The molecule has 3 unspecified atom stereocenters. The van der Waals surface area contributed by atoms with E-state index in [1.165, 1.54) is 6.08 Å². The summed E-state index contributed by atoms with van der Waals surface area (Å²) in [5.41, 5.74) is 0.918. The molecule has 2 aliphatic carbocycles. The van der Waals surface area contributed by atoms with Crippen LogP contribution in [0.1, 0.15) is 11.5 Å². The van der Waals surface area contributed by atoms with Crippen molar-refractivity contribution < 1.29 is 18.3 Å². The van der Waals surface area contributed by atoms with Crippen molar-refractivity contribution in [1.29, 1.82) is 0 Å². The normalized spacial score (nSPS) is 35.0. The van der Waals surface area contributed by atoms with Gasteiger partial charge in [0.25, 0.3) is 0 Å². The quantitative estimate of drug-likeness (QED) is 0.779. The van der Waals surface area contributed by atoms with Crippen LogP contribution >= 0.6 is 0 Å². The minimum absolute atomic E-state index is 0.154. The molecule has 1 aliphatic heterocycles. The van der Waals surface area contributed by atoms with Crippen LogP contribution in [0, 0.1) is 0 Å². The summed E-state index contributed by atoms with van der Waals surface area (Å²) in [5, 5.41) is 0. The Labute approximate surface area is 115 Å². The summed E-state index contributed by atoms with van der Waals surface area (Å²) in [6.45, 7) is -1.68. The molecule has 0 radical (unpaired) electrons. The summed E-state index contributed by atoms with van der Waals surface area (Å²) >= 11 is 0. The number of halogens is 2. The Bertz CT molecular complexity index is 648. The second kappa shape index (κ2) is 4.11. The Morgan fingerprint density at radius 3 is 2.60 bits per heavy atom. The average molecular weight is 274 g/mol. The second-order valence-corrected chi connectivity index (χ2v) is 5.12. The van der Waals surface area contributed by atoms with E-state index in [4.69, 9.17) is 9.47 Å². The van der Waals surface area contributed by atoms with Crippen molar-refractivity contribution >= 4 is 0 Å². The summed E-state index contributed by atoms with van der Waals surface area (Å²) in [6.07, 6.45) is 4.87. The third-order valence-corrected chi connectivity index (χ3v) is 4.16. The summed E-state index contributed by atoms with van der Waals surface area (Å²) < 4.78 is 38.0. The van der Waals surface area contributed by atoms with Gasteiger partial charge in [-0.05, 0) is 17.2 Å². The number of benzene rings is 1. The van der Waals surface area contributed by atoms with Crippen LogP contribution in [0.2, 0.25) is 0 Å². The fourth-order valence-electron chi connectivity index (χ4n) is 3.29. The van der Waals surface area contributed by atoms with Gasteiger partial charge in [-0.25, -0.2) is 4.39 Å². The lowest BCUT2D eigenvalue weighted by Crippen LogP contribution is -2.48. The van der Waals surface area contributed by atoms with E-state index < -0.39 is 12.1 Å². The number of allylic oxidation sites excluding steroid dienone is 2. The van der Waals surface area contributed by atoms with Crippen LogP contribution in [-0.4, -0.2) is 18.8 Å². The molecular weight excluding hydrogens is 262 g/mol. The summed E-state index contributed by atoms with van der Waals surface area (Å²) in [4.78, 5) is 0. The summed E-state index contributed by atoms with van der Waals surface area (Å²) in [7, 11) is 0. The van der Waals surface area contributed by atoms with E-state index in [2.05, 4.69) is 0 Å². The first kappa shape index (κ1) is 12.0. The van der Waals surface area contributed by atoms with E-state index in [-0.39, 0.29) is 18.4 Å². The highest BCUT2D eigenvalue weighted by Crippen LogP contribution is 2.55. The van der Waals surface area contributed by atoms with Gasteiger partial charge < -0.3 is 9.47 Å². The molecule has 102 valence electrons. The van der Waals surface area contributed by atoms with Crippen LogP contribution < -0.4 is 0 Å². The molecule has 4 heteroatoms. The lowest BCUT2D eigenvalue weighted by atomic mass is 9.77. The number of rotatable bonds is 1. The number of hydrogen-bond donors (Lipinski definition) is 0. The van der Waals surface area contributed by atoms with Crippen LogP contribution in [0.15, 0.2) is 65.5 Å². The summed E-state index contributed by atoms with van der Waals surface area (Å²) in [6, 6.07) is 9.55. The molecule has 0 N–H and O–H groups in total. The Morgan fingerprint density at radius 1 is 1.15 bits per heavy atom. The van der Waals surface area contributed by atoms with Crippen molar-refractivity contribution in [3.05, 3.63) is 71.1 Å². The van der Waals surface area contributed by atoms with Crippen molar-refractivity contribution in [2.45, 2.75) is 18.1 Å². The zero-order valence-electron chi connectivity index (χ0n) is 10.6. The van der Waals surface area contributed by atoms with Crippen molar-refractivity contribution in [3.63, 3.8) is 0 Å². The molecule has 4 rings (SSSR count). The largest absolute Gasteiger partial charge is 0.326 e. The smallest absolute Gasteiger partial charge is 0.310 e. The molecule has 3 atom stereocenters. The standard InChI is InChI=1S/C16H12F2O2/c17-14-8-11-6-7-12(14)16(11)13(9-19-15(18)20-16)10-4-2-1-3-5-10/h1-8,13,15H,9H2. The predicted molar refractivity (Wildman–Crippen MR) is 69.2 cm³/mol. The number of hydrogen-bond acceptors (Lipinski definition) is 2. The molecule has 0 amide bonds. The van der Waals surface area contributed by atoms with Gasteiger partial charge in [-0.1, -0.05) is 42.5 Å². The third-order valence-electron chi connectivity index (χ3n) is 4.16. The zero-order valence-corrected chi connectivity index (χ0v) is 10.6. The minimum Gasteiger partial charge on any atom is -0.326 e. The van der Waals surface area contributed by atoms with E-state index in [1.54, 1.807) is 12.2 Å². The van der Waals surface area contributed by atoms with E-state index in [9.17, 15) is 8.78 Å². The van der Waals surface area contributed by atoms with E-state index in [0.29, 0.717) is 11.1 Å². The molecule has 1 aromatic rings. The molecule has 1 saturated heterocycles. The third kappa shape index (κ3) is 1.43. The van der Waals surface area contributed by atoms with Crippen molar-refractivity contribution in [3.8, 4) is 0 Å². The lowest BCUT2D eigenvalue weighted by molar-refractivity contribution is -0.295. The van der Waals surface area contributed by atoms with Gasteiger partial charge in [0.2, 0.25) is 0 Å². The number of ether oxygens (including phenoxy) is 2. The van der Waals surface area contributed by atoms with Crippen LogP contribution in [0.3, 0.4) is 0 Å². The second-order valence-electron chi connectivity index (χ2n) is 5.12. The molecule has 1 fully saturated rings. The van der Waals surface area contributed by atoms with Gasteiger partial charge >= 0.3 is 6.54 Å². The highest BCUT2D eigenvalue weighted by molar-refractivity contribution is 5.65. The number of alkyl halides is 1. The van der Waals surface area contributed by atoms with Crippen molar-refractivity contribution in [1.82, 2.24) is 0 Å². The van der Waals surface area contributed by atoms with Crippen LogP contribution in [0.4, 0.5) is 8.78 Å². The van der Waals surface area contributed by atoms with E-state index in [1.807, 2.05) is 30.3 Å². The first-order chi connectivity index (χ1) is 9.72. The van der Waals surface area contributed by atoms with E-state index >= 15 is 0 Å². The SMILES string of the molecule is FC1=C2C=CC(=C1)C21OC(F)OCC1c1ccccc1. The molecule has 0 saturated carbocycles. The molecule has 1 aromatic carbocycles. The Balaban J connectivity index is 1.86. The molecule has 3 aliphatic rings. The first-order valence-corrected chi connectivity index (χ1v) is 6.51. The highest BCUT2D eigenvalue weighted by Gasteiger charge is 2.56. The Morgan fingerprint density at radius 2 is 1.95 bits per heavy atom. The zero-order chi connectivity index (χ0) is 13.7. The van der Waals surface area contributed by atoms with Gasteiger partial charge in [0.1, 0.15) is 11.4 Å². The summed E-state index contributed by atoms with van der Waals surface area (Å²) in [5.74, 6) is -0.613. The molecule has 1 spiro atoms. The van der Waals surface area contributed by atoms with Crippen LogP contribution in [0.5, 0.6) is 0 Å². The molecular formula is C16H12F2O2.